The minimum absolute atomic E-state index is 0.585. The lowest BCUT2D eigenvalue weighted by atomic mass is 10.1. The van der Waals surface area contributed by atoms with Gasteiger partial charge in [0.05, 0.1) is 10.0 Å². The van der Waals surface area contributed by atoms with Gasteiger partial charge in [-0.1, -0.05) is 106 Å². The summed E-state index contributed by atoms with van der Waals surface area (Å²) in [6, 6.07) is 27.8. The molecule has 0 saturated carbocycles. The largest absolute Gasteiger partial charge is 0.357 e. The molecule has 1 heterocycles. The number of imidazole rings is 1. The summed E-state index contributed by atoms with van der Waals surface area (Å²) in [5.41, 5.74) is 11.1. The molecule has 2 N–H and O–H groups in total. The van der Waals surface area contributed by atoms with Crippen LogP contribution in [0.15, 0.2) is 94.7 Å². The first-order chi connectivity index (χ1) is 17.4. The number of aromatic nitrogens is 2. The van der Waals surface area contributed by atoms with E-state index >= 15 is 0 Å². The zero-order chi connectivity index (χ0) is 25.2. The molecule has 0 saturated heterocycles. The van der Waals surface area contributed by atoms with Crippen molar-refractivity contribution in [2.45, 2.75) is 21.5 Å². The zero-order valence-corrected chi connectivity index (χ0v) is 23.5. The van der Waals surface area contributed by atoms with Gasteiger partial charge < -0.3 is 0 Å². The van der Waals surface area contributed by atoms with Crippen molar-refractivity contribution in [2.24, 2.45) is 0 Å². The van der Waals surface area contributed by atoms with Gasteiger partial charge in [0.1, 0.15) is 22.8 Å². The van der Waals surface area contributed by atoms with Gasteiger partial charge in [-0.3, -0.25) is 5.73 Å². The van der Waals surface area contributed by atoms with E-state index in [1.807, 2.05) is 42.5 Å². The van der Waals surface area contributed by atoms with Crippen LogP contribution in [0.25, 0.3) is 22.2 Å². The average Bonchev–Trinajstić information content (AvgIpc) is 3.13. The maximum atomic E-state index is 6.75. The molecule has 9 heteroatoms. The third-order valence-corrected chi connectivity index (χ3v) is 9.13. The van der Waals surface area contributed by atoms with Crippen molar-refractivity contribution in [3.8, 4) is 11.1 Å². The first-order valence-corrected chi connectivity index (χ1v) is 14.4. The predicted octanol–water partition coefficient (Wildman–Crippen LogP) is 9.29. The number of anilines is 1. The first-order valence-electron chi connectivity index (χ1n) is 10.9. The van der Waals surface area contributed by atoms with Gasteiger partial charge in [-0.15, -0.1) is 0 Å². The molecule has 3 nitrogen and oxygen atoms in total. The lowest BCUT2D eigenvalue weighted by molar-refractivity contribution is -0.635. The quantitative estimate of drug-likeness (QED) is 0.151. The number of nitrogens with two attached hydrogens (primary N) is 1. The van der Waals surface area contributed by atoms with Gasteiger partial charge >= 0.3 is 5.95 Å². The van der Waals surface area contributed by atoms with Crippen LogP contribution in [0.4, 0.5) is 5.95 Å². The molecule has 4 aromatic carbocycles. The van der Waals surface area contributed by atoms with Crippen LogP contribution >= 0.6 is 69.9 Å². The Bertz CT molecular complexity index is 1550. The molecule has 0 aliphatic rings. The second-order valence-electron chi connectivity index (χ2n) is 7.98. The number of nitrogen functional groups attached to an aromatic ring is 1. The van der Waals surface area contributed by atoms with Crippen LogP contribution in [-0.2, 0) is 11.8 Å². The molecule has 0 amide bonds. The molecule has 5 aromatic rings. The second kappa shape index (κ2) is 11.2. The Balaban J connectivity index is 1.54. The summed E-state index contributed by atoms with van der Waals surface area (Å²) in [5, 5.41) is 2.46. The molecule has 5 rings (SSSR count). The second-order valence-corrected chi connectivity index (χ2v) is 11.6. The van der Waals surface area contributed by atoms with Gasteiger partial charge in [-0.25, -0.2) is 9.13 Å². The third-order valence-electron chi connectivity index (χ3n) is 5.70. The van der Waals surface area contributed by atoms with E-state index in [4.69, 9.17) is 52.1 Å². The molecule has 0 fully saturated rings. The van der Waals surface area contributed by atoms with Gasteiger partial charge in [0.2, 0.25) is 0 Å². The zero-order valence-electron chi connectivity index (χ0n) is 18.8. The van der Waals surface area contributed by atoms with Crippen molar-refractivity contribution in [1.82, 2.24) is 4.57 Å². The fourth-order valence-corrected chi connectivity index (χ4v) is 6.84. The number of rotatable bonds is 7. The maximum absolute atomic E-state index is 6.75. The Hall–Kier alpha value is -1.99. The Morgan fingerprint density at radius 1 is 0.694 bits per heavy atom. The third kappa shape index (κ3) is 5.47. The van der Waals surface area contributed by atoms with Crippen LogP contribution in [0, 0.1) is 0 Å². The maximum Gasteiger partial charge on any atom is 0.357 e. The Kier molecular flexibility index (Phi) is 7.96. The summed E-state index contributed by atoms with van der Waals surface area (Å²) in [6.07, 6.45) is 0. The van der Waals surface area contributed by atoms with Crippen LogP contribution in [0.1, 0.15) is 0 Å². The van der Waals surface area contributed by atoms with E-state index in [-0.39, 0.29) is 0 Å². The Morgan fingerprint density at radius 3 is 1.97 bits per heavy atom. The normalized spacial score (nSPS) is 11.3. The minimum atomic E-state index is 0.585. The number of fused-ring (bicyclic) bond motifs is 1. The van der Waals surface area contributed by atoms with Crippen molar-refractivity contribution in [3.63, 3.8) is 0 Å². The molecule has 0 aliphatic carbocycles. The Labute approximate surface area is 238 Å². The SMILES string of the molecule is Nc1n(CSc2ccc(Cl)cc2Cl)c2cc(-c3ccccc3)ccc2[n+]1CSc1ccc(Cl)cc1Cl. The standard InChI is InChI=1S/C27H19Cl4N3S2/c28-19-7-10-25(21(30)13-19)35-15-33-23-9-6-18(17-4-2-1-3-5-17)12-24(23)34(27(33)32)16-36-26-11-8-20(29)14-22(26)31/h1-14,32H,15-16H2/p+1. The van der Waals surface area contributed by atoms with Crippen molar-refractivity contribution < 1.29 is 4.57 Å². The molecule has 36 heavy (non-hydrogen) atoms. The molecular weight excluding hydrogens is 572 g/mol. The molecule has 0 unspecified atom stereocenters. The topological polar surface area (TPSA) is 34.8 Å². The van der Waals surface area contributed by atoms with Crippen LogP contribution < -0.4 is 10.3 Å². The fraction of sp³-hybridized carbons (Fsp3) is 0.0741. The molecule has 0 spiro atoms. The summed E-state index contributed by atoms with van der Waals surface area (Å²) >= 11 is 28.2. The smallest absolute Gasteiger partial charge is 0.290 e. The van der Waals surface area contributed by atoms with E-state index in [0.717, 1.165) is 32.0 Å². The Morgan fingerprint density at radius 2 is 1.33 bits per heavy atom. The van der Waals surface area contributed by atoms with E-state index in [9.17, 15) is 0 Å². The highest BCUT2D eigenvalue weighted by atomic mass is 35.5. The van der Waals surface area contributed by atoms with Crippen LogP contribution in [0.3, 0.4) is 0 Å². The molecule has 182 valence electrons. The lowest BCUT2D eigenvalue weighted by Crippen LogP contribution is -2.35. The van der Waals surface area contributed by atoms with E-state index in [1.165, 1.54) is 0 Å². The van der Waals surface area contributed by atoms with Gasteiger partial charge in [0.25, 0.3) is 0 Å². The highest BCUT2D eigenvalue weighted by molar-refractivity contribution is 7.98. The highest BCUT2D eigenvalue weighted by Gasteiger charge is 2.23. The van der Waals surface area contributed by atoms with E-state index < -0.39 is 0 Å². The van der Waals surface area contributed by atoms with E-state index in [2.05, 4.69) is 39.5 Å². The van der Waals surface area contributed by atoms with E-state index in [0.29, 0.717) is 37.8 Å². The fourth-order valence-electron chi connectivity index (χ4n) is 3.89. The van der Waals surface area contributed by atoms with Gasteiger partial charge in [-0.05, 0) is 59.7 Å². The van der Waals surface area contributed by atoms with Gasteiger partial charge in [0.15, 0.2) is 0 Å². The molecule has 0 radical (unpaired) electrons. The number of hydrogen-bond acceptors (Lipinski definition) is 3. The van der Waals surface area contributed by atoms with Crippen LogP contribution in [0.5, 0.6) is 0 Å². The van der Waals surface area contributed by atoms with Crippen molar-refractivity contribution in [3.05, 3.63) is 105 Å². The number of halogens is 4. The average molecular weight is 592 g/mol. The van der Waals surface area contributed by atoms with Crippen LogP contribution in [-0.4, -0.2) is 4.57 Å². The molecule has 0 bridgehead atoms. The van der Waals surface area contributed by atoms with Crippen molar-refractivity contribution >= 4 is 86.9 Å². The van der Waals surface area contributed by atoms with Crippen molar-refractivity contribution in [1.29, 1.82) is 0 Å². The molecule has 0 atom stereocenters. The summed E-state index contributed by atoms with van der Waals surface area (Å²) in [7, 11) is 0. The lowest BCUT2D eigenvalue weighted by Gasteiger charge is -2.06. The van der Waals surface area contributed by atoms with Gasteiger partial charge in [-0.2, -0.15) is 0 Å². The summed E-state index contributed by atoms with van der Waals surface area (Å²) < 4.78 is 4.21. The number of benzene rings is 4. The molecule has 1 aromatic heterocycles. The summed E-state index contributed by atoms with van der Waals surface area (Å²) in [6.45, 7) is 0. The first kappa shape index (κ1) is 25.7. The minimum Gasteiger partial charge on any atom is -0.290 e. The summed E-state index contributed by atoms with van der Waals surface area (Å²) in [5.74, 6) is 1.82. The number of hydrogen-bond donors (Lipinski definition) is 1. The van der Waals surface area contributed by atoms with E-state index in [1.54, 1.807) is 35.7 Å². The van der Waals surface area contributed by atoms with Gasteiger partial charge in [0, 0.05) is 19.8 Å². The highest BCUT2D eigenvalue weighted by Crippen LogP contribution is 2.34. The molecular formula is C27H20Cl4N3S2+. The molecule has 0 aliphatic heterocycles. The summed E-state index contributed by atoms with van der Waals surface area (Å²) in [4.78, 5) is 1.88. The number of nitrogens with zero attached hydrogens (tertiary/aromatic N) is 2. The van der Waals surface area contributed by atoms with Crippen molar-refractivity contribution in [2.75, 3.05) is 5.73 Å². The number of thioether (sulfide) groups is 2. The monoisotopic (exact) mass is 590 g/mol. The predicted molar refractivity (Wildman–Crippen MR) is 157 cm³/mol. The van der Waals surface area contributed by atoms with Crippen LogP contribution in [0.2, 0.25) is 20.1 Å².